The van der Waals surface area contributed by atoms with Gasteiger partial charge in [0.2, 0.25) is 21.8 Å². The van der Waals surface area contributed by atoms with Crippen LogP contribution in [-0.4, -0.2) is 65.6 Å². The highest BCUT2D eigenvalue weighted by atomic mass is 35.5. The van der Waals surface area contributed by atoms with Crippen molar-refractivity contribution in [2.75, 3.05) is 6.26 Å². The Kier molecular flexibility index (Phi) is 7.66. The van der Waals surface area contributed by atoms with Gasteiger partial charge < -0.3 is 15.7 Å². The van der Waals surface area contributed by atoms with E-state index in [1.807, 2.05) is 0 Å². The highest BCUT2D eigenvalue weighted by Gasteiger charge is 2.37. The number of aliphatic hydroxyl groups is 1. The largest absolute Gasteiger partial charge is 0.391 e. The first kappa shape index (κ1) is 23.6. The molecule has 0 bridgehead atoms. The van der Waals surface area contributed by atoms with Crippen LogP contribution < -0.4 is 15.4 Å². The zero-order chi connectivity index (χ0) is 21.9. The molecule has 1 saturated carbocycles. The highest BCUT2D eigenvalue weighted by Crippen LogP contribution is 2.22. The number of nitrogens with one attached hydrogen (secondary N) is 3. The van der Waals surface area contributed by atoms with Crippen molar-refractivity contribution in [3.8, 4) is 0 Å². The Morgan fingerprint density at radius 2 is 1.90 bits per heavy atom. The lowest BCUT2D eigenvalue weighted by Gasteiger charge is -2.24. The van der Waals surface area contributed by atoms with Gasteiger partial charge in [0.15, 0.2) is 0 Å². The fraction of sp³-hybridized carbons (Fsp3) is 0.706. The molecular weight excluding hydrogens is 422 g/mol. The quantitative estimate of drug-likeness (QED) is 0.432. The molecule has 1 fully saturated rings. The van der Waals surface area contributed by atoms with Crippen molar-refractivity contribution >= 4 is 33.4 Å². The van der Waals surface area contributed by atoms with Gasteiger partial charge in [-0.3, -0.25) is 14.3 Å². The van der Waals surface area contributed by atoms with E-state index in [4.69, 9.17) is 11.6 Å². The normalized spacial score (nSPS) is 24.3. The maximum atomic E-state index is 12.5. The van der Waals surface area contributed by atoms with Crippen LogP contribution in [0.1, 0.15) is 39.7 Å². The number of nitrogens with zero attached hydrogens (tertiary/aromatic N) is 2. The first-order valence-corrected chi connectivity index (χ1v) is 11.6. The molecule has 1 aromatic heterocycles. The van der Waals surface area contributed by atoms with E-state index in [0.29, 0.717) is 11.4 Å². The molecule has 1 aromatic rings. The average molecular weight is 450 g/mol. The monoisotopic (exact) mass is 449 g/mol. The number of carbonyl (C=O) groups is 2. The van der Waals surface area contributed by atoms with E-state index in [-0.39, 0.29) is 24.3 Å². The van der Waals surface area contributed by atoms with Crippen LogP contribution in [0, 0.1) is 5.92 Å². The van der Waals surface area contributed by atoms with Gasteiger partial charge in [0.1, 0.15) is 12.1 Å². The van der Waals surface area contributed by atoms with Gasteiger partial charge in [0.05, 0.1) is 29.6 Å². The van der Waals surface area contributed by atoms with Crippen molar-refractivity contribution in [2.45, 2.75) is 63.9 Å². The molecule has 1 aliphatic rings. The van der Waals surface area contributed by atoms with Crippen LogP contribution in [0.4, 0.5) is 0 Å². The Hall–Kier alpha value is -1.69. The number of aliphatic hydroxyl groups excluding tert-OH is 1. The fourth-order valence-electron chi connectivity index (χ4n) is 3.25. The molecule has 0 radical (unpaired) electrons. The molecule has 4 N–H and O–H groups in total. The number of amides is 2. The molecular formula is C17H28ClN5O5S. The number of hydrogen-bond donors (Lipinski definition) is 4. The van der Waals surface area contributed by atoms with Crippen molar-refractivity contribution in [1.82, 2.24) is 25.1 Å². The van der Waals surface area contributed by atoms with Crippen LogP contribution in [0.15, 0.2) is 12.4 Å². The summed E-state index contributed by atoms with van der Waals surface area (Å²) in [5, 5.41) is 20.3. The summed E-state index contributed by atoms with van der Waals surface area (Å²) in [4.78, 5) is 25.0. The number of carbonyl (C=O) groups excluding carboxylic acids is 2. The number of rotatable bonds is 8. The number of halogens is 1. The van der Waals surface area contributed by atoms with E-state index in [9.17, 15) is 23.1 Å². The maximum absolute atomic E-state index is 12.5. The second-order valence-corrected chi connectivity index (χ2v) is 10.0. The summed E-state index contributed by atoms with van der Waals surface area (Å²) < 4.78 is 26.8. The van der Waals surface area contributed by atoms with Crippen LogP contribution in [0.3, 0.4) is 0 Å². The molecule has 29 heavy (non-hydrogen) atoms. The minimum Gasteiger partial charge on any atom is -0.391 e. The first-order chi connectivity index (χ1) is 13.4. The summed E-state index contributed by atoms with van der Waals surface area (Å²) in [6, 6.07) is -2.46. The van der Waals surface area contributed by atoms with Crippen LogP contribution >= 0.6 is 11.6 Å². The summed E-state index contributed by atoms with van der Waals surface area (Å²) in [5.41, 5.74) is 0. The molecule has 12 heteroatoms. The second-order valence-electron chi connectivity index (χ2n) is 7.79. The van der Waals surface area contributed by atoms with E-state index in [0.717, 1.165) is 6.26 Å². The molecule has 1 unspecified atom stereocenters. The summed E-state index contributed by atoms with van der Waals surface area (Å²) in [6.07, 6.45) is 3.71. The van der Waals surface area contributed by atoms with E-state index in [1.165, 1.54) is 10.9 Å². The first-order valence-electron chi connectivity index (χ1n) is 9.33. The third kappa shape index (κ3) is 6.66. The van der Waals surface area contributed by atoms with Crippen LogP contribution in [0.5, 0.6) is 0 Å². The molecule has 10 nitrogen and oxygen atoms in total. The van der Waals surface area contributed by atoms with Gasteiger partial charge in [-0.05, 0) is 25.7 Å². The second kappa shape index (κ2) is 9.41. The summed E-state index contributed by atoms with van der Waals surface area (Å²) in [7, 11) is -3.57. The van der Waals surface area contributed by atoms with Crippen molar-refractivity contribution in [1.29, 1.82) is 0 Å². The molecule has 0 saturated heterocycles. The summed E-state index contributed by atoms with van der Waals surface area (Å²) >= 11 is 5.82. The SMILES string of the molecule is CC(C)[C@H](NS(C)(=O)=O)C(=O)N[C@@H]1C[C@@H](NC(=O)C(C)n2cc(Cl)cn2)C[C@H]1O. The molecule has 0 aliphatic heterocycles. The molecule has 5 atom stereocenters. The van der Waals surface area contributed by atoms with Gasteiger partial charge in [0, 0.05) is 12.2 Å². The van der Waals surface area contributed by atoms with Gasteiger partial charge in [-0.15, -0.1) is 0 Å². The molecule has 2 amide bonds. The Labute approximate surface area is 175 Å². The van der Waals surface area contributed by atoms with Crippen molar-refractivity contribution in [3.63, 3.8) is 0 Å². The predicted octanol–water partition coefficient (Wildman–Crippen LogP) is -0.204. The Morgan fingerprint density at radius 1 is 1.24 bits per heavy atom. The predicted molar refractivity (Wildman–Crippen MR) is 108 cm³/mol. The standard InChI is InChI=1S/C17H28ClN5O5S/c1-9(2)15(22-29(4,27)28)17(26)21-13-5-12(6-14(13)24)20-16(25)10(3)23-8-11(18)7-19-23/h7-10,12-15,22,24H,5-6H2,1-4H3,(H,20,25)(H,21,26)/t10?,12-,13-,14-,15+/m1/s1. The highest BCUT2D eigenvalue weighted by molar-refractivity contribution is 7.88. The zero-order valence-electron chi connectivity index (χ0n) is 16.8. The van der Waals surface area contributed by atoms with Gasteiger partial charge >= 0.3 is 0 Å². The van der Waals surface area contributed by atoms with Gasteiger partial charge in [-0.2, -0.15) is 5.10 Å². The minimum atomic E-state index is -3.57. The molecule has 1 heterocycles. The van der Waals surface area contributed by atoms with E-state index in [1.54, 1.807) is 27.0 Å². The molecule has 2 rings (SSSR count). The summed E-state index contributed by atoms with van der Waals surface area (Å²) in [5.74, 6) is -1.07. The van der Waals surface area contributed by atoms with E-state index in [2.05, 4.69) is 20.5 Å². The maximum Gasteiger partial charge on any atom is 0.244 e. The van der Waals surface area contributed by atoms with Crippen molar-refractivity contribution in [2.24, 2.45) is 5.92 Å². The third-order valence-electron chi connectivity index (χ3n) is 4.84. The minimum absolute atomic E-state index is 0.273. The lowest BCUT2D eigenvalue weighted by molar-refractivity contribution is -0.125. The Bertz CT molecular complexity index is 843. The van der Waals surface area contributed by atoms with Crippen LogP contribution in [0.25, 0.3) is 0 Å². The number of hydrogen-bond acceptors (Lipinski definition) is 6. The molecule has 0 spiro atoms. The smallest absolute Gasteiger partial charge is 0.244 e. The van der Waals surface area contributed by atoms with E-state index < -0.39 is 40.2 Å². The topological polar surface area (TPSA) is 142 Å². The lowest BCUT2D eigenvalue weighted by atomic mass is 10.0. The van der Waals surface area contributed by atoms with Gasteiger partial charge in [-0.25, -0.2) is 13.1 Å². The van der Waals surface area contributed by atoms with Gasteiger partial charge in [0.25, 0.3) is 0 Å². The third-order valence-corrected chi connectivity index (χ3v) is 5.72. The zero-order valence-corrected chi connectivity index (χ0v) is 18.4. The van der Waals surface area contributed by atoms with Crippen molar-refractivity contribution < 1.29 is 23.1 Å². The average Bonchev–Trinajstić information content (AvgIpc) is 3.16. The molecule has 0 aromatic carbocycles. The van der Waals surface area contributed by atoms with Crippen LogP contribution in [0.2, 0.25) is 5.02 Å². The summed E-state index contributed by atoms with van der Waals surface area (Å²) in [6.45, 7) is 5.12. The Morgan fingerprint density at radius 3 is 2.41 bits per heavy atom. The fourth-order valence-corrected chi connectivity index (χ4v) is 4.24. The lowest BCUT2D eigenvalue weighted by Crippen LogP contribution is -2.53. The molecule has 1 aliphatic carbocycles. The van der Waals surface area contributed by atoms with Gasteiger partial charge in [-0.1, -0.05) is 25.4 Å². The number of sulfonamides is 1. The van der Waals surface area contributed by atoms with E-state index >= 15 is 0 Å². The van der Waals surface area contributed by atoms with Crippen molar-refractivity contribution in [3.05, 3.63) is 17.4 Å². The number of aromatic nitrogens is 2. The Balaban J connectivity index is 1.94. The van der Waals surface area contributed by atoms with Crippen LogP contribution in [-0.2, 0) is 19.6 Å². The molecule has 164 valence electrons.